The Bertz CT molecular complexity index is 534. The monoisotopic (exact) mass is 374 g/mol. The zero-order chi connectivity index (χ0) is 17.7. The Labute approximate surface area is 150 Å². The number of ether oxygens (including phenoxy) is 1. The van der Waals surface area contributed by atoms with Gasteiger partial charge in [0.05, 0.1) is 13.2 Å². The molecule has 1 atom stereocenters. The summed E-state index contributed by atoms with van der Waals surface area (Å²) in [5.74, 6) is 0.0785. The summed E-state index contributed by atoms with van der Waals surface area (Å²) in [6.45, 7) is 4.99. The van der Waals surface area contributed by atoms with Crippen LogP contribution in [0.3, 0.4) is 0 Å². The molecule has 8 nitrogen and oxygen atoms in total. The van der Waals surface area contributed by atoms with Crippen molar-refractivity contribution in [2.45, 2.75) is 38.1 Å². The molecule has 3 heterocycles. The molecular weight excluding hydrogens is 344 g/mol. The fraction of sp³-hybridized carbons (Fsp3) is 0.938. The Morgan fingerprint density at radius 1 is 0.960 bits per heavy atom. The molecule has 0 aromatic rings. The predicted octanol–water partition coefficient (Wildman–Crippen LogP) is -0.370. The van der Waals surface area contributed by atoms with Crippen LogP contribution in [-0.2, 0) is 19.7 Å². The first-order chi connectivity index (χ1) is 12.1. The maximum Gasteiger partial charge on any atom is 0.282 e. The van der Waals surface area contributed by atoms with Crippen LogP contribution in [0.25, 0.3) is 0 Å². The van der Waals surface area contributed by atoms with Crippen LogP contribution in [-0.4, -0.2) is 92.9 Å². The van der Waals surface area contributed by atoms with E-state index in [4.69, 9.17) is 4.74 Å². The lowest BCUT2D eigenvalue weighted by Crippen LogP contribution is -2.55. The Hall–Kier alpha value is -0.740. The molecule has 3 saturated heterocycles. The highest BCUT2D eigenvalue weighted by Gasteiger charge is 2.34. The number of rotatable bonds is 4. The van der Waals surface area contributed by atoms with Crippen LogP contribution in [0.2, 0.25) is 0 Å². The van der Waals surface area contributed by atoms with Crippen molar-refractivity contribution in [1.29, 1.82) is 0 Å². The van der Waals surface area contributed by atoms with Gasteiger partial charge in [-0.3, -0.25) is 4.79 Å². The van der Waals surface area contributed by atoms with Crippen molar-refractivity contribution in [3.8, 4) is 0 Å². The summed E-state index contributed by atoms with van der Waals surface area (Å²) >= 11 is 0. The van der Waals surface area contributed by atoms with Gasteiger partial charge in [-0.25, -0.2) is 0 Å². The molecule has 0 aromatic carbocycles. The summed E-state index contributed by atoms with van der Waals surface area (Å²) in [5.41, 5.74) is 0. The fourth-order valence-electron chi connectivity index (χ4n) is 3.69. The summed E-state index contributed by atoms with van der Waals surface area (Å²) in [5, 5.41) is 3.29. The zero-order valence-electron chi connectivity index (χ0n) is 14.9. The van der Waals surface area contributed by atoms with Gasteiger partial charge in [0.1, 0.15) is 0 Å². The summed E-state index contributed by atoms with van der Waals surface area (Å²) in [6.07, 6.45) is 4.50. The van der Waals surface area contributed by atoms with E-state index >= 15 is 0 Å². The zero-order valence-corrected chi connectivity index (χ0v) is 15.7. The first-order valence-corrected chi connectivity index (χ1v) is 10.8. The second-order valence-electron chi connectivity index (χ2n) is 7.03. The third-order valence-corrected chi connectivity index (χ3v) is 7.26. The summed E-state index contributed by atoms with van der Waals surface area (Å²) < 4.78 is 34.2. The topological polar surface area (TPSA) is 82.2 Å². The molecule has 0 spiro atoms. The van der Waals surface area contributed by atoms with Gasteiger partial charge in [0.25, 0.3) is 10.2 Å². The highest BCUT2D eigenvalue weighted by atomic mass is 32.2. The molecule has 0 bridgehead atoms. The first-order valence-electron chi connectivity index (χ1n) is 9.41. The minimum Gasteiger partial charge on any atom is -0.378 e. The second-order valence-corrected chi connectivity index (χ2v) is 8.96. The minimum atomic E-state index is -3.39. The first kappa shape index (κ1) is 19.0. The summed E-state index contributed by atoms with van der Waals surface area (Å²) in [4.78, 5) is 14.2. The van der Waals surface area contributed by atoms with Crippen molar-refractivity contribution < 1.29 is 17.9 Å². The lowest BCUT2D eigenvalue weighted by molar-refractivity contribution is -0.133. The van der Waals surface area contributed by atoms with Crippen LogP contribution in [0.5, 0.6) is 0 Å². The van der Waals surface area contributed by atoms with E-state index in [1.165, 1.54) is 0 Å². The van der Waals surface area contributed by atoms with Crippen LogP contribution in [0.1, 0.15) is 32.1 Å². The Balaban J connectivity index is 1.49. The molecular formula is C16H30N4O4S. The lowest BCUT2D eigenvalue weighted by Gasteiger charge is -2.37. The van der Waals surface area contributed by atoms with Crippen molar-refractivity contribution in [2.75, 3.05) is 59.0 Å². The molecule has 0 aromatic heterocycles. The molecule has 1 amide bonds. The lowest BCUT2D eigenvalue weighted by atomic mass is 10.1. The van der Waals surface area contributed by atoms with Crippen molar-refractivity contribution in [3.63, 3.8) is 0 Å². The Morgan fingerprint density at radius 3 is 2.20 bits per heavy atom. The number of hydrogen-bond donors (Lipinski definition) is 1. The highest BCUT2D eigenvalue weighted by molar-refractivity contribution is 7.86. The van der Waals surface area contributed by atoms with E-state index in [9.17, 15) is 13.2 Å². The van der Waals surface area contributed by atoms with Crippen molar-refractivity contribution in [2.24, 2.45) is 0 Å². The van der Waals surface area contributed by atoms with Gasteiger partial charge in [0.15, 0.2) is 0 Å². The fourth-order valence-corrected chi connectivity index (χ4v) is 5.37. The van der Waals surface area contributed by atoms with E-state index < -0.39 is 10.2 Å². The smallest absolute Gasteiger partial charge is 0.282 e. The number of nitrogens with one attached hydrogen (secondary N) is 1. The third kappa shape index (κ3) is 4.91. The number of hydrogen-bond acceptors (Lipinski definition) is 5. The number of morpholine rings is 1. The van der Waals surface area contributed by atoms with Crippen LogP contribution in [0, 0.1) is 0 Å². The van der Waals surface area contributed by atoms with Gasteiger partial charge < -0.3 is 15.0 Å². The molecule has 144 valence electrons. The maximum absolute atomic E-state index is 12.8. The van der Waals surface area contributed by atoms with Gasteiger partial charge in [-0.2, -0.15) is 17.0 Å². The highest BCUT2D eigenvalue weighted by Crippen LogP contribution is 2.18. The molecule has 3 rings (SSSR count). The Kier molecular flexibility index (Phi) is 6.67. The molecule has 0 saturated carbocycles. The average molecular weight is 375 g/mol. The molecule has 3 fully saturated rings. The van der Waals surface area contributed by atoms with Gasteiger partial charge in [-0.1, -0.05) is 12.8 Å². The molecule has 3 aliphatic rings. The molecule has 1 unspecified atom stereocenters. The minimum absolute atomic E-state index is 0.0695. The predicted molar refractivity (Wildman–Crippen MR) is 94.3 cm³/mol. The van der Waals surface area contributed by atoms with E-state index in [1.807, 2.05) is 0 Å². The van der Waals surface area contributed by atoms with E-state index in [1.54, 1.807) is 13.5 Å². The van der Waals surface area contributed by atoms with E-state index in [0.717, 1.165) is 32.2 Å². The molecule has 0 aliphatic carbocycles. The number of carbonyl (C=O) groups is 1. The molecule has 3 aliphatic heterocycles. The van der Waals surface area contributed by atoms with E-state index in [2.05, 4.69) is 5.32 Å². The normalized spacial score (nSPS) is 27.8. The van der Waals surface area contributed by atoms with E-state index in [-0.39, 0.29) is 11.9 Å². The van der Waals surface area contributed by atoms with Gasteiger partial charge >= 0.3 is 0 Å². The SMILES string of the molecule is O=C(CC1COCCN1)N1CCN(S(=O)(=O)N2CCCCCC2)CC1. The van der Waals surface area contributed by atoms with Gasteiger partial charge in [0, 0.05) is 58.3 Å². The third-order valence-electron chi connectivity index (χ3n) is 5.23. The average Bonchev–Trinajstić information content (AvgIpc) is 2.93. The number of carbonyl (C=O) groups excluding carboxylic acids is 1. The van der Waals surface area contributed by atoms with Crippen LogP contribution in [0.15, 0.2) is 0 Å². The maximum atomic E-state index is 12.8. The van der Waals surface area contributed by atoms with Crippen molar-refractivity contribution in [3.05, 3.63) is 0 Å². The molecule has 9 heteroatoms. The standard InChI is InChI=1S/C16H30N4O4S/c21-16(13-15-14-24-12-5-17-15)18-8-10-20(11-9-18)25(22,23)19-6-3-1-2-4-7-19/h15,17H,1-14H2. The quantitative estimate of drug-likeness (QED) is 0.726. The van der Waals surface area contributed by atoms with Gasteiger partial charge in [-0.15, -0.1) is 0 Å². The number of piperazine rings is 1. The molecule has 1 N–H and O–H groups in total. The van der Waals surface area contributed by atoms with Crippen LogP contribution >= 0.6 is 0 Å². The molecule has 25 heavy (non-hydrogen) atoms. The Morgan fingerprint density at radius 2 is 1.60 bits per heavy atom. The van der Waals surface area contributed by atoms with Crippen LogP contribution in [0.4, 0.5) is 0 Å². The largest absolute Gasteiger partial charge is 0.378 e. The van der Waals surface area contributed by atoms with Crippen molar-refractivity contribution in [1.82, 2.24) is 18.8 Å². The number of nitrogens with zero attached hydrogens (tertiary/aromatic N) is 3. The van der Waals surface area contributed by atoms with Gasteiger partial charge in [-0.05, 0) is 12.8 Å². The second kappa shape index (κ2) is 8.77. The van der Waals surface area contributed by atoms with Gasteiger partial charge in [0.2, 0.25) is 5.91 Å². The summed E-state index contributed by atoms with van der Waals surface area (Å²) in [6, 6.07) is 0.0695. The van der Waals surface area contributed by atoms with Crippen molar-refractivity contribution >= 4 is 16.1 Å². The van der Waals surface area contributed by atoms with E-state index in [0.29, 0.717) is 58.9 Å². The molecule has 0 radical (unpaired) electrons. The summed E-state index contributed by atoms with van der Waals surface area (Å²) in [7, 11) is -3.39. The van der Waals surface area contributed by atoms with Crippen LogP contribution < -0.4 is 5.32 Å². The number of amides is 1.